The first kappa shape index (κ1) is 17.6. The van der Waals surface area contributed by atoms with Crippen molar-refractivity contribution in [3.05, 3.63) is 48.6 Å². The molecule has 1 rings (SSSR count). The number of hydrogen-bond acceptors (Lipinski definition) is 4. The minimum atomic E-state index is -0.986. The summed E-state index contributed by atoms with van der Waals surface area (Å²) >= 11 is 0. The van der Waals surface area contributed by atoms with Crippen molar-refractivity contribution in [1.82, 2.24) is 10.4 Å². The number of ether oxygens (including phenoxy) is 2. The Morgan fingerprint density at radius 3 is 2.32 bits per heavy atom. The highest BCUT2D eigenvalue weighted by Crippen LogP contribution is 2.28. The van der Waals surface area contributed by atoms with Crippen LogP contribution in [0.25, 0.3) is 0 Å². The van der Waals surface area contributed by atoms with Crippen LogP contribution in [-0.2, 0) is 15.0 Å². The zero-order valence-corrected chi connectivity index (χ0v) is 13.2. The van der Waals surface area contributed by atoms with Gasteiger partial charge in [0.25, 0.3) is 0 Å². The predicted octanol–water partition coefficient (Wildman–Crippen LogP) is 3.21. The van der Waals surface area contributed by atoms with E-state index < -0.39 is 17.7 Å². The summed E-state index contributed by atoms with van der Waals surface area (Å²) in [4.78, 5) is 24.0. The molecule has 0 spiro atoms. The topological polar surface area (TPSA) is 67.9 Å². The molecule has 6 heteroatoms. The molecule has 2 amide bonds. The molecule has 1 aromatic carbocycles. The molecule has 120 valence electrons. The molecule has 0 aliphatic heterocycles. The van der Waals surface area contributed by atoms with Crippen molar-refractivity contribution >= 4 is 12.2 Å². The number of amides is 2. The lowest BCUT2D eigenvalue weighted by molar-refractivity contribution is 0.0376. The highest BCUT2D eigenvalue weighted by atomic mass is 16.6. The van der Waals surface area contributed by atoms with E-state index in [1.807, 2.05) is 30.3 Å². The molecule has 6 nitrogen and oxygen atoms in total. The predicted molar refractivity (Wildman–Crippen MR) is 83.0 cm³/mol. The quantitative estimate of drug-likeness (QED) is 0.670. The Bertz CT molecular complexity index is 518. The first-order chi connectivity index (χ1) is 10.5. The Hall–Kier alpha value is -2.50. The molecule has 0 radical (unpaired) electrons. The molecule has 1 unspecified atom stereocenters. The van der Waals surface area contributed by atoms with E-state index in [1.165, 1.54) is 0 Å². The maximum atomic E-state index is 12.2. The number of nitrogens with one attached hydrogen (secondary N) is 1. The summed E-state index contributed by atoms with van der Waals surface area (Å²) in [6.45, 7) is 9.28. The maximum Gasteiger partial charge on any atom is 0.429 e. The van der Waals surface area contributed by atoms with Crippen LogP contribution in [0.3, 0.4) is 0 Å². The third-order valence-electron chi connectivity index (χ3n) is 3.15. The first-order valence-corrected chi connectivity index (χ1v) is 7.09. The average molecular weight is 306 g/mol. The van der Waals surface area contributed by atoms with Gasteiger partial charge in [-0.2, -0.15) is 0 Å². The zero-order valence-electron chi connectivity index (χ0n) is 13.2. The van der Waals surface area contributed by atoms with Crippen LogP contribution in [0.1, 0.15) is 26.3 Å². The molecule has 22 heavy (non-hydrogen) atoms. The van der Waals surface area contributed by atoms with Crippen molar-refractivity contribution in [2.24, 2.45) is 0 Å². The third-order valence-corrected chi connectivity index (χ3v) is 3.15. The van der Waals surface area contributed by atoms with Crippen LogP contribution in [0, 0.1) is 0 Å². The van der Waals surface area contributed by atoms with Gasteiger partial charge in [0, 0.05) is 0 Å². The summed E-state index contributed by atoms with van der Waals surface area (Å²) in [7, 11) is 0. The summed E-state index contributed by atoms with van der Waals surface area (Å²) in [5.41, 5.74) is 2.21. The molecule has 0 saturated carbocycles. The molecule has 0 fully saturated rings. The molecule has 0 heterocycles. The van der Waals surface area contributed by atoms with E-state index in [0.29, 0.717) is 0 Å². The number of hydrazine groups is 1. The summed E-state index contributed by atoms with van der Waals surface area (Å²) < 4.78 is 9.86. The molecule has 0 saturated heterocycles. The Morgan fingerprint density at radius 2 is 1.82 bits per heavy atom. The molecule has 0 aromatic heterocycles. The highest BCUT2D eigenvalue weighted by molar-refractivity contribution is 5.75. The van der Waals surface area contributed by atoms with E-state index >= 15 is 0 Å². The van der Waals surface area contributed by atoms with Crippen LogP contribution in [-0.4, -0.2) is 30.4 Å². The van der Waals surface area contributed by atoms with E-state index in [9.17, 15) is 9.59 Å². The average Bonchev–Trinajstić information content (AvgIpc) is 2.53. The van der Waals surface area contributed by atoms with Gasteiger partial charge in [-0.1, -0.05) is 36.4 Å². The van der Waals surface area contributed by atoms with E-state index in [2.05, 4.69) is 12.0 Å². The van der Waals surface area contributed by atoms with Crippen molar-refractivity contribution in [1.29, 1.82) is 0 Å². The van der Waals surface area contributed by atoms with Gasteiger partial charge in [-0.15, -0.1) is 6.58 Å². The summed E-state index contributed by atoms with van der Waals surface area (Å²) in [5.74, 6) is 0. The summed E-state index contributed by atoms with van der Waals surface area (Å²) in [5, 5.41) is 1.08. The van der Waals surface area contributed by atoms with Crippen LogP contribution < -0.4 is 5.43 Å². The van der Waals surface area contributed by atoms with Crippen molar-refractivity contribution in [2.75, 3.05) is 13.2 Å². The smallest absolute Gasteiger partial charge is 0.429 e. The minimum absolute atomic E-state index is 0.182. The maximum absolute atomic E-state index is 12.2. The normalized spacial score (nSPS) is 12.7. The van der Waals surface area contributed by atoms with E-state index in [0.717, 1.165) is 10.6 Å². The van der Waals surface area contributed by atoms with Crippen molar-refractivity contribution in [3.63, 3.8) is 0 Å². The second kappa shape index (κ2) is 8.07. The molecular formula is C16H22N2O4. The second-order valence-corrected chi connectivity index (χ2v) is 4.58. The van der Waals surface area contributed by atoms with Crippen LogP contribution in [0.4, 0.5) is 9.59 Å². The van der Waals surface area contributed by atoms with Gasteiger partial charge in [0.1, 0.15) is 5.54 Å². The van der Waals surface area contributed by atoms with Gasteiger partial charge in [0.15, 0.2) is 0 Å². The second-order valence-electron chi connectivity index (χ2n) is 4.58. The Labute approximate surface area is 130 Å². The number of carbonyl (C=O) groups excluding carboxylic acids is 2. The Balaban J connectivity index is 3.18. The third kappa shape index (κ3) is 4.00. The van der Waals surface area contributed by atoms with Gasteiger partial charge in [-0.05, 0) is 26.3 Å². The SMILES string of the molecule is C=CC(C)(c1ccccc1)N(NC(=O)OCC)C(=O)OCC. The van der Waals surface area contributed by atoms with E-state index in [-0.39, 0.29) is 13.2 Å². The first-order valence-electron chi connectivity index (χ1n) is 7.09. The van der Waals surface area contributed by atoms with Crippen molar-refractivity contribution < 1.29 is 19.1 Å². The monoisotopic (exact) mass is 306 g/mol. The fraction of sp³-hybridized carbons (Fsp3) is 0.375. The van der Waals surface area contributed by atoms with E-state index in [4.69, 9.17) is 9.47 Å². The van der Waals surface area contributed by atoms with E-state index in [1.54, 1.807) is 26.8 Å². The van der Waals surface area contributed by atoms with Crippen LogP contribution >= 0.6 is 0 Å². The Kier molecular flexibility index (Phi) is 6.44. The fourth-order valence-electron chi connectivity index (χ4n) is 1.91. The van der Waals surface area contributed by atoms with Gasteiger partial charge in [-0.3, -0.25) is 0 Å². The molecule has 1 atom stereocenters. The number of nitrogens with zero attached hydrogens (tertiary/aromatic N) is 1. The van der Waals surface area contributed by atoms with Gasteiger partial charge in [0.2, 0.25) is 0 Å². The lowest BCUT2D eigenvalue weighted by atomic mass is 9.91. The van der Waals surface area contributed by atoms with Crippen LogP contribution in [0.5, 0.6) is 0 Å². The van der Waals surface area contributed by atoms with Crippen molar-refractivity contribution in [2.45, 2.75) is 26.3 Å². The number of benzene rings is 1. The Morgan fingerprint density at radius 1 is 1.23 bits per heavy atom. The van der Waals surface area contributed by atoms with Crippen molar-refractivity contribution in [3.8, 4) is 0 Å². The summed E-state index contributed by atoms with van der Waals surface area (Å²) in [6.07, 6.45) is 0.132. The van der Waals surface area contributed by atoms with Gasteiger partial charge in [-0.25, -0.2) is 20.0 Å². The van der Waals surface area contributed by atoms with Gasteiger partial charge < -0.3 is 9.47 Å². The minimum Gasteiger partial charge on any atom is -0.449 e. The fourth-order valence-corrected chi connectivity index (χ4v) is 1.91. The molecular weight excluding hydrogens is 284 g/mol. The lowest BCUT2D eigenvalue weighted by Crippen LogP contribution is -2.56. The molecule has 0 aliphatic carbocycles. The highest BCUT2D eigenvalue weighted by Gasteiger charge is 2.37. The number of carbonyl (C=O) groups is 2. The summed E-state index contributed by atoms with van der Waals surface area (Å²) in [6, 6.07) is 9.21. The van der Waals surface area contributed by atoms with Gasteiger partial charge >= 0.3 is 12.2 Å². The zero-order chi connectivity index (χ0) is 16.6. The largest absolute Gasteiger partial charge is 0.449 e. The molecule has 0 aliphatic rings. The number of hydrogen-bond donors (Lipinski definition) is 1. The molecule has 1 aromatic rings. The van der Waals surface area contributed by atoms with Crippen LogP contribution in [0.15, 0.2) is 43.0 Å². The molecule has 1 N–H and O–H groups in total. The lowest BCUT2D eigenvalue weighted by Gasteiger charge is -2.37. The van der Waals surface area contributed by atoms with Crippen LogP contribution in [0.2, 0.25) is 0 Å². The standard InChI is InChI=1S/C16H22N2O4/c1-5-16(4,13-11-9-8-10-12-13)18(15(20)22-7-3)17-14(19)21-6-2/h5,8-12H,1,6-7H2,2-4H3,(H,17,19). The number of rotatable bonds is 5. The van der Waals surface area contributed by atoms with Gasteiger partial charge in [0.05, 0.1) is 13.2 Å². The molecule has 0 bridgehead atoms.